The molecule has 20 heavy (non-hydrogen) atoms. The van der Waals surface area contributed by atoms with Crippen LogP contribution < -0.4 is 20.3 Å². The maximum atomic E-state index is 11.8. The molecule has 0 saturated heterocycles. The van der Waals surface area contributed by atoms with Gasteiger partial charge in [0.1, 0.15) is 0 Å². The molecule has 1 unspecified atom stereocenters. The molecule has 0 aliphatic heterocycles. The number of hydrogen-bond donors (Lipinski definition) is 2. The van der Waals surface area contributed by atoms with Gasteiger partial charge >= 0.3 is 121 Å². The number of rotatable bonds is 5. The predicted octanol–water partition coefficient (Wildman–Crippen LogP) is -1.50. The molecule has 0 radical (unpaired) electrons. The Morgan fingerprint density at radius 1 is 1.35 bits per heavy atom. The van der Waals surface area contributed by atoms with Gasteiger partial charge in [0.05, 0.1) is 0 Å². The van der Waals surface area contributed by atoms with Crippen molar-refractivity contribution in [3.63, 3.8) is 0 Å². The SMILES string of the molecule is CC(O)OCn1c([Se]c2ccccc2)cc(=O)[nH]c1=O. The molecule has 6 nitrogen and oxygen atoms in total. The quantitative estimate of drug-likeness (QED) is 0.512. The third-order valence-electron chi connectivity index (χ3n) is 2.41. The topological polar surface area (TPSA) is 84.3 Å². The van der Waals surface area contributed by atoms with Crippen molar-refractivity contribution in [3.05, 3.63) is 57.2 Å². The first-order valence-electron chi connectivity index (χ1n) is 5.93. The molecule has 106 valence electrons. The molecule has 1 aromatic heterocycles. The molecular weight excluding hydrogens is 327 g/mol. The second-order valence-corrected chi connectivity index (χ2v) is 6.31. The van der Waals surface area contributed by atoms with Crippen molar-refractivity contribution in [2.75, 3.05) is 0 Å². The molecule has 1 atom stereocenters. The van der Waals surface area contributed by atoms with E-state index < -0.39 is 17.5 Å². The molecule has 0 saturated carbocycles. The molecule has 0 bridgehead atoms. The van der Waals surface area contributed by atoms with Crippen LogP contribution in [0.2, 0.25) is 0 Å². The van der Waals surface area contributed by atoms with Crippen molar-refractivity contribution in [1.29, 1.82) is 0 Å². The van der Waals surface area contributed by atoms with Crippen molar-refractivity contribution in [2.45, 2.75) is 19.9 Å². The molecule has 0 fully saturated rings. The zero-order valence-electron chi connectivity index (χ0n) is 10.8. The minimum absolute atomic E-state index is 0.100. The van der Waals surface area contributed by atoms with Gasteiger partial charge < -0.3 is 0 Å². The Balaban J connectivity index is 2.35. The fraction of sp³-hybridized carbons (Fsp3) is 0.231. The summed E-state index contributed by atoms with van der Waals surface area (Å²) in [6.45, 7) is 1.36. The van der Waals surface area contributed by atoms with E-state index in [0.717, 1.165) is 4.46 Å². The Bertz CT molecular complexity index is 679. The first-order valence-corrected chi connectivity index (χ1v) is 7.64. The average Bonchev–Trinajstić information content (AvgIpc) is 2.38. The Morgan fingerprint density at radius 2 is 2.05 bits per heavy atom. The fourth-order valence-corrected chi connectivity index (χ4v) is 3.48. The van der Waals surface area contributed by atoms with Gasteiger partial charge in [-0.1, -0.05) is 0 Å². The van der Waals surface area contributed by atoms with Crippen molar-refractivity contribution >= 4 is 24.0 Å². The second-order valence-electron chi connectivity index (χ2n) is 4.02. The van der Waals surface area contributed by atoms with E-state index in [9.17, 15) is 9.59 Å². The van der Waals surface area contributed by atoms with Crippen molar-refractivity contribution in [2.24, 2.45) is 0 Å². The van der Waals surface area contributed by atoms with Crippen LogP contribution in [0.5, 0.6) is 0 Å². The summed E-state index contributed by atoms with van der Waals surface area (Å²) in [6, 6.07) is 11.0. The summed E-state index contributed by atoms with van der Waals surface area (Å²) in [5.41, 5.74) is -0.970. The second kappa shape index (κ2) is 6.67. The minimum atomic E-state index is -0.981. The third-order valence-corrected chi connectivity index (χ3v) is 4.62. The Kier molecular flexibility index (Phi) is 4.92. The van der Waals surface area contributed by atoms with E-state index in [1.54, 1.807) is 0 Å². The van der Waals surface area contributed by atoms with Crippen LogP contribution in [0.3, 0.4) is 0 Å². The van der Waals surface area contributed by atoms with E-state index in [4.69, 9.17) is 9.84 Å². The summed E-state index contributed by atoms with van der Waals surface area (Å²) in [5, 5.41) is 9.14. The zero-order chi connectivity index (χ0) is 14.5. The number of aliphatic hydroxyl groups is 1. The van der Waals surface area contributed by atoms with Gasteiger partial charge in [0, 0.05) is 0 Å². The van der Waals surface area contributed by atoms with Gasteiger partial charge in [0.25, 0.3) is 0 Å². The van der Waals surface area contributed by atoms with Crippen LogP contribution >= 0.6 is 0 Å². The van der Waals surface area contributed by atoms with Crippen LogP contribution in [-0.2, 0) is 11.5 Å². The van der Waals surface area contributed by atoms with Gasteiger partial charge in [-0.2, -0.15) is 0 Å². The summed E-state index contributed by atoms with van der Waals surface area (Å²) in [7, 11) is 0. The van der Waals surface area contributed by atoms with Crippen LogP contribution in [0.4, 0.5) is 0 Å². The molecule has 7 heteroatoms. The molecule has 1 aromatic carbocycles. The summed E-state index contributed by atoms with van der Waals surface area (Å²) in [4.78, 5) is 25.5. The number of benzene rings is 1. The number of H-pyrrole nitrogens is 1. The fourth-order valence-electron chi connectivity index (χ4n) is 1.50. The molecule has 2 aromatic rings. The third kappa shape index (κ3) is 3.91. The average molecular weight is 341 g/mol. The van der Waals surface area contributed by atoms with Crippen molar-refractivity contribution < 1.29 is 9.84 Å². The molecule has 0 spiro atoms. The molecule has 0 aliphatic rings. The summed E-state index contributed by atoms with van der Waals surface area (Å²) in [6.07, 6.45) is -0.981. The monoisotopic (exact) mass is 342 g/mol. The molecule has 0 amide bonds. The van der Waals surface area contributed by atoms with Gasteiger partial charge in [-0.05, 0) is 0 Å². The number of aromatic amines is 1. The van der Waals surface area contributed by atoms with Crippen LogP contribution in [0, 0.1) is 0 Å². The van der Waals surface area contributed by atoms with E-state index in [2.05, 4.69) is 4.98 Å². The van der Waals surface area contributed by atoms with E-state index in [1.165, 1.54) is 17.6 Å². The first kappa shape index (κ1) is 14.7. The standard InChI is InChI=1S/C13H14N2O4Se/c1-9(16)19-8-15-12(7-11(17)14-13(15)18)20-10-5-3-2-4-6-10/h2-7,9,16H,8H2,1H3,(H,14,17,18). The number of nitrogens with one attached hydrogen (secondary N) is 1. The molecule has 1 heterocycles. The van der Waals surface area contributed by atoms with Crippen LogP contribution in [0.1, 0.15) is 6.92 Å². The first-order chi connectivity index (χ1) is 9.56. The number of ether oxygens (including phenoxy) is 1. The Labute approximate surface area is 121 Å². The molecule has 2 rings (SSSR count). The summed E-state index contributed by atoms with van der Waals surface area (Å²) in [5.74, 6) is 0. The Morgan fingerprint density at radius 3 is 2.70 bits per heavy atom. The number of hydrogen-bond acceptors (Lipinski definition) is 4. The van der Waals surface area contributed by atoms with Gasteiger partial charge in [0.15, 0.2) is 0 Å². The molecular formula is C13H14N2O4Se. The summed E-state index contributed by atoms with van der Waals surface area (Å²) >= 11 is -0.198. The van der Waals surface area contributed by atoms with E-state index in [0.29, 0.717) is 4.59 Å². The van der Waals surface area contributed by atoms with E-state index >= 15 is 0 Å². The molecule has 0 aliphatic carbocycles. The number of aromatic nitrogens is 2. The van der Waals surface area contributed by atoms with Crippen LogP contribution in [0.25, 0.3) is 0 Å². The zero-order valence-corrected chi connectivity index (χ0v) is 12.5. The number of aliphatic hydroxyl groups excluding tert-OH is 1. The maximum absolute atomic E-state index is 11.8. The van der Waals surface area contributed by atoms with Crippen LogP contribution in [-0.4, -0.2) is 35.9 Å². The molecule has 2 N–H and O–H groups in total. The van der Waals surface area contributed by atoms with Gasteiger partial charge in [-0.25, -0.2) is 0 Å². The van der Waals surface area contributed by atoms with E-state index in [-0.39, 0.29) is 21.7 Å². The van der Waals surface area contributed by atoms with E-state index in [1.807, 2.05) is 30.3 Å². The summed E-state index contributed by atoms with van der Waals surface area (Å²) < 4.78 is 7.99. The van der Waals surface area contributed by atoms with Crippen molar-refractivity contribution in [3.8, 4) is 0 Å². The Hall–Kier alpha value is -1.66. The van der Waals surface area contributed by atoms with Gasteiger partial charge in [-0.3, -0.25) is 0 Å². The van der Waals surface area contributed by atoms with Gasteiger partial charge in [-0.15, -0.1) is 0 Å². The van der Waals surface area contributed by atoms with Crippen LogP contribution in [0.15, 0.2) is 46.0 Å². The van der Waals surface area contributed by atoms with Gasteiger partial charge in [0.2, 0.25) is 0 Å². The normalized spacial score (nSPS) is 12.3. The predicted molar refractivity (Wildman–Crippen MR) is 75.6 cm³/mol. The van der Waals surface area contributed by atoms with Crippen molar-refractivity contribution in [1.82, 2.24) is 9.55 Å². The number of nitrogens with zero attached hydrogens (tertiary/aromatic N) is 1.